The van der Waals surface area contributed by atoms with Crippen LogP contribution in [0.15, 0.2) is 84.9 Å². The van der Waals surface area contributed by atoms with Crippen LogP contribution in [-0.4, -0.2) is 34.4 Å². The highest BCUT2D eigenvalue weighted by Gasteiger charge is 2.35. The van der Waals surface area contributed by atoms with E-state index in [9.17, 15) is 14.4 Å². The van der Waals surface area contributed by atoms with Gasteiger partial charge >= 0.3 is 5.97 Å². The average molecular weight is 608 g/mol. The lowest BCUT2D eigenvalue weighted by Crippen LogP contribution is -2.30. The molecule has 1 aliphatic heterocycles. The molecule has 0 aliphatic carbocycles. The van der Waals surface area contributed by atoms with Gasteiger partial charge in [0.1, 0.15) is 12.4 Å². The first-order valence-electron chi connectivity index (χ1n) is 14.2. The molecule has 3 aromatic carbocycles. The first kappa shape index (κ1) is 29.1. The first-order valence-corrected chi connectivity index (χ1v) is 14.5. The van der Waals surface area contributed by atoms with Gasteiger partial charge in [0.05, 0.1) is 29.3 Å². The minimum atomic E-state index is -0.934. The summed E-state index contributed by atoms with van der Waals surface area (Å²) in [6.45, 7) is 4.27. The van der Waals surface area contributed by atoms with E-state index in [1.807, 2.05) is 78.9 Å². The van der Waals surface area contributed by atoms with Crippen LogP contribution in [0.25, 0.3) is 27.4 Å². The van der Waals surface area contributed by atoms with Crippen molar-refractivity contribution in [2.24, 2.45) is 5.41 Å². The van der Waals surface area contributed by atoms with Crippen molar-refractivity contribution < 1.29 is 23.9 Å². The monoisotopic (exact) mass is 607 g/mol. The van der Waals surface area contributed by atoms with E-state index in [1.54, 1.807) is 13.8 Å². The SMILES string of the molecule is COC(=O)C(C)(C)Cc1c(C2=CC(=O)NC2=O)c2cc(OCc3ccc4ccccc4n3)ccc2n1Cc1ccc(Cl)cc1. The van der Waals surface area contributed by atoms with E-state index in [0.29, 0.717) is 22.9 Å². The molecule has 5 aromatic rings. The standard InChI is InChI=1S/C35H30ClN3O5/c1-35(2,34(42)43-3)18-30-32(27-17-31(40)38-33(27)41)26-16-25(44-20-24-13-10-22-6-4-5-7-28(22)37-24)14-15-29(26)39(30)19-21-8-11-23(36)12-9-21/h4-17H,18-20H2,1-3H3,(H,38,40,41). The molecule has 44 heavy (non-hydrogen) atoms. The maximum absolute atomic E-state index is 13.1. The van der Waals surface area contributed by atoms with Crippen molar-refractivity contribution in [2.45, 2.75) is 33.4 Å². The highest BCUT2D eigenvalue weighted by atomic mass is 35.5. The van der Waals surface area contributed by atoms with Gasteiger partial charge in [-0.25, -0.2) is 4.98 Å². The van der Waals surface area contributed by atoms with Gasteiger partial charge < -0.3 is 14.0 Å². The molecule has 6 rings (SSSR count). The fraction of sp³-hybridized carbons (Fsp3) is 0.200. The molecule has 8 nitrogen and oxygen atoms in total. The lowest BCUT2D eigenvalue weighted by molar-refractivity contribution is -0.150. The molecule has 0 fully saturated rings. The number of hydrogen-bond donors (Lipinski definition) is 1. The molecule has 1 aliphatic rings. The number of nitrogens with zero attached hydrogens (tertiary/aromatic N) is 2. The van der Waals surface area contributed by atoms with E-state index in [0.717, 1.165) is 38.8 Å². The third-order valence-electron chi connectivity index (χ3n) is 7.81. The Morgan fingerprint density at radius 3 is 2.50 bits per heavy atom. The van der Waals surface area contributed by atoms with Crippen LogP contribution in [0.3, 0.4) is 0 Å². The van der Waals surface area contributed by atoms with E-state index < -0.39 is 17.2 Å². The number of rotatable bonds is 9. The van der Waals surface area contributed by atoms with Crippen molar-refractivity contribution in [3.05, 3.63) is 112 Å². The maximum Gasteiger partial charge on any atom is 0.311 e. The maximum atomic E-state index is 13.1. The van der Waals surface area contributed by atoms with Crippen LogP contribution in [0, 0.1) is 5.41 Å². The van der Waals surface area contributed by atoms with Gasteiger partial charge in [0, 0.05) is 51.6 Å². The van der Waals surface area contributed by atoms with Crippen LogP contribution >= 0.6 is 11.6 Å². The summed E-state index contributed by atoms with van der Waals surface area (Å²) in [6, 6.07) is 25.0. The second-order valence-electron chi connectivity index (χ2n) is 11.4. The van der Waals surface area contributed by atoms with Crippen LogP contribution < -0.4 is 10.1 Å². The zero-order valence-corrected chi connectivity index (χ0v) is 25.3. The molecular weight excluding hydrogens is 578 g/mol. The lowest BCUT2D eigenvalue weighted by atomic mass is 9.85. The van der Waals surface area contributed by atoms with E-state index in [-0.39, 0.29) is 24.6 Å². The van der Waals surface area contributed by atoms with Gasteiger partial charge in [0.2, 0.25) is 0 Å². The fourth-order valence-corrected chi connectivity index (χ4v) is 5.75. The van der Waals surface area contributed by atoms with Crippen molar-refractivity contribution in [1.29, 1.82) is 0 Å². The zero-order valence-electron chi connectivity index (χ0n) is 24.5. The van der Waals surface area contributed by atoms with Crippen LogP contribution in [-0.2, 0) is 38.7 Å². The summed E-state index contributed by atoms with van der Waals surface area (Å²) in [5.74, 6) is -0.804. The normalized spacial score (nSPS) is 13.3. The quantitative estimate of drug-likeness (QED) is 0.157. The molecule has 0 bridgehead atoms. The molecule has 0 saturated heterocycles. The van der Waals surface area contributed by atoms with Gasteiger partial charge in [0.25, 0.3) is 11.8 Å². The molecule has 2 aromatic heterocycles. The summed E-state index contributed by atoms with van der Waals surface area (Å²) >= 11 is 6.16. The molecule has 1 N–H and O–H groups in total. The van der Waals surface area contributed by atoms with E-state index in [4.69, 9.17) is 26.1 Å². The minimum Gasteiger partial charge on any atom is -0.487 e. The van der Waals surface area contributed by atoms with Crippen LogP contribution in [0.1, 0.15) is 36.4 Å². The summed E-state index contributed by atoms with van der Waals surface area (Å²) < 4.78 is 13.4. The average Bonchev–Trinajstić information content (AvgIpc) is 3.50. The number of amides is 2. The number of carbonyl (C=O) groups excluding carboxylic acids is 3. The molecule has 3 heterocycles. The predicted octanol–water partition coefficient (Wildman–Crippen LogP) is 6.25. The molecule has 0 atom stereocenters. The van der Waals surface area contributed by atoms with Crippen molar-refractivity contribution in [3.63, 3.8) is 0 Å². The topological polar surface area (TPSA) is 99.5 Å². The van der Waals surface area contributed by atoms with Crippen molar-refractivity contribution >= 4 is 56.8 Å². The third-order valence-corrected chi connectivity index (χ3v) is 8.06. The van der Waals surface area contributed by atoms with Gasteiger partial charge in [-0.1, -0.05) is 48.0 Å². The van der Waals surface area contributed by atoms with Crippen molar-refractivity contribution in [1.82, 2.24) is 14.9 Å². The van der Waals surface area contributed by atoms with Gasteiger partial charge in [-0.05, 0) is 61.9 Å². The number of ether oxygens (including phenoxy) is 2. The van der Waals surface area contributed by atoms with Crippen molar-refractivity contribution in [3.8, 4) is 5.75 Å². The second-order valence-corrected chi connectivity index (χ2v) is 11.9. The number of esters is 1. The number of aromatic nitrogens is 2. The second kappa shape index (κ2) is 11.6. The largest absolute Gasteiger partial charge is 0.487 e. The third kappa shape index (κ3) is 5.68. The Morgan fingerprint density at radius 2 is 1.77 bits per heavy atom. The summed E-state index contributed by atoms with van der Waals surface area (Å²) in [5, 5.41) is 4.75. The fourth-order valence-electron chi connectivity index (χ4n) is 5.62. The molecule has 0 radical (unpaired) electrons. The Labute approximate surface area is 259 Å². The number of hydrogen-bond acceptors (Lipinski definition) is 6. The number of carbonyl (C=O) groups is 3. The molecule has 222 valence electrons. The Hall–Kier alpha value is -4.95. The minimum absolute atomic E-state index is 0.235. The summed E-state index contributed by atoms with van der Waals surface area (Å²) in [5.41, 5.74) is 4.03. The molecule has 0 spiro atoms. The van der Waals surface area contributed by atoms with E-state index in [1.165, 1.54) is 13.2 Å². The Kier molecular flexibility index (Phi) is 7.69. The van der Waals surface area contributed by atoms with Crippen LogP contribution in [0.2, 0.25) is 5.02 Å². The first-order chi connectivity index (χ1) is 21.1. The Balaban J connectivity index is 1.48. The smallest absolute Gasteiger partial charge is 0.311 e. The zero-order chi connectivity index (χ0) is 31.0. The number of fused-ring (bicyclic) bond motifs is 2. The molecule has 0 unspecified atom stereocenters. The summed E-state index contributed by atoms with van der Waals surface area (Å²) in [7, 11) is 1.36. The number of para-hydroxylation sites is 1. The number of nitrogens with one attached hydrogen (secondary N) is 1. The van der Waals surface area contributed by atoms with Crippen molar-refractivity contribution in [2.75, 3.05) is 7.11 Å². The number of halogens is 1. The highest BCUT2D eigenvalue weighted by molar-refractivity contribution is 6.35. The van der Waals surface area contributed by atoms with Gasteiger partial charge in [-0.15, -0.1) is 0 Å². The van der Waals surface area contributed by atoms with E-state index in [2.05, 4.69) is 9.88 Å². The highest BCUT2D eigenvalue weighted by Crippen LogP contribution is 2.39. The molecule has 2 amide bonds. The number of methoxy groups -OCH3 is 1. The molecule has 0 saturated carbocycles. The summed E-state index contributed by atoms with van der Waals surface area (Å²) in [4.78, 5) is 43.0. The number of imide groups is 1. The summed E-state index contributed by atoms with van der Waals surface area (Å²) in [6.07, 6.45) is 1.55. The predicted molar refractivity (Wildman–Crippen MR) is 169 cm³/mol. The van der Waals surface area contributed by atoms with Crippen LogP contribution in [0.4, 0.5) is 0 Å². The van der Waals surface area contributed by atoms with Crippen LogP contribution in [0.5, 0.6) is 5.75 Å². The molecular formula is C35H30ClN3O5. The van der Waals surface area contributed by atoms with Gasteiger partial charge in [-0.2, -0.15) is 0 Å². The Bertz CT molecular complexity index is 1970. The van der Waals surface area contributed by atoms with Gasteiger partial charge in [0.15, 0.2) is 0 Å². The molecule has 9 heteroatoms. The lowest BCUT2D eigenvalue weighted by Gasteiger charge is -2.24. The van der Waals surface area contributed by atoms with Gasteiger partial charge in [-0.3, -0.25) is 19.7 Å². The van der Waals surface area contributed by atoms with E-state index >= 15 is 0 Å². The Morgan fingerprint density at radius 1 is 1.00 bits per heavy atom. The number of pyridine rings is 1. The number of benzene rings is 3.